The number of aromatic amines is 1. The molecule has 1 aromatic heterocycles. The molecule has 1 aromatic carbocycles. The molecule has 0 radical (unpaired) electrons. The standard InChI is InChI=1S/C12H12Cl2N2O/c1-7(2)11-6-15-12(17)16(11)10-5-8(13)3-4-9(10)14/h3-7H,1-2H3,(H,15,17). The topological polar surface area (TPSA) is 37.8 Å². The number of hydrogen-bond acceptors (Lipinski definition) is 1. The van der Waals surface area contributed by atoms with Crippen molar-refractivity contribution in [3.8, 4) is 5.69 Å². The molecule has 0 aliphatic heterocycles. The van der Waals surface area contributed by atoms with Crippen molar-refractivity contribution in [3.63, 3.8) is 0 Å². The van der Waals surface area contributed by atoms with Crippen molar-refractivity contribution in [2.75, 3.05) is 0 Å². The lowest BCUT2D eigenvalue weighted by molar-refractivity contribution is 0.776. The zero-order valence-electron chi connectivity index (χ0n) is 9.50. The molecule has 90 valence electrons. The van der Waals surface area contributed by atoms with Crippen LogP contribution in [0.3, 0.4) is 0 Å². The number of hydrogen-bond donors (Lipinski definition) is 1. The number of aromatic nitrogens is 2. The molecule has 0 fully saturated rings. The second-order valence-corrected chi connectivity index (χ2v) is 4.95. The van der Waals surface area contributed by atoms with E-state index in [4.69, 9.17) is 23.2 Å². The van der Waals surface area contributed by atoms with Gasteiger partial charge >= 0.3 is 5.69 Å². The average Bonchev–Trinajstić information content (AvgIpc) is 2.64. The van der Waals surface area contributed by atoms with Gasteiger partial charge in [0.25, 0.3) is 0 Å². The van der Waals surface area contributed by atoms with E-state index in [2.05, 4.69) is 4.98 Å². The summed E-state index contributed by atoms with van der Waals surface area (Å²) in [6, 6.07) is 5.06. The van der Waals surface area contributed by atoms with E-state index in [1.54, 1.807) is 29.0 Å². The SMILES string of the molecule is CC(C)c1c[nH]c(=O)n1-c1cc(Cl)ccc1Cl. The van der Waals surface area contributed by atoms with Crippen molar-refractivity contribution in [2.24, 2.45) is 0 Å². The van der Waals surface area contributed by atoms with Crippen LogP contribution in [0.4, 0.5) is 0 Å². The van der Waals surface area contributed by atoms with Crippen LogP contribution in [0.1, 0.15) is 25.5 Å². The zero-order chi connectivity index (χ0) is 12.6. The van der Waals surface area contributed by atoms with Crippen LogP contribution in [0.5, 0.6) is 0 Å². The molecule has 0 aliphatic rings. The van der Waals surface area contributed by atoms with Crippen molar-refractivity contribution < 1.29 is 0 Å². The second-order valence-electron chi connectivity index (χ2n) is 4.10. The molecule has 0 atom stereocenters. The lowest BCUT2D eigenvalue weighted by atomic mass is 10.1. The minimum Gasteiger partial charge on any atom is -0.312 e. The van der Waals surface area contributed by atoms with E-state index in [0.29, 0.717) is 15.7 Å². The maximum absolute atomic E-state index is 11.8. The third-order valence-corrected chi connectivity index (χ3v) is 3.10. The van der Waals surface area contributed by atoms with Crippen molar-refractivity contribution in [1.82, 2.24) is 9.55 Å². The van der Waals surface area contributed by atoms with Gasteiger partial charge in [0, 0.05) is 16.9 Å². The quantitative estimate of drug-likeness (QED) is 0.890. The third kappa shape index (κ3) is 2.26. The van der Waals surface area contributed by atoms with E-state index < -0.39 is 0 Å². The Morgan fingerprint density at radius 3 is 2.65 bits per heavy atom. The minimum atomic E-state index is -0.210. The predicted molar refractivity (Wildman–Crippen MR) is 70.5 cm³/mol. The minimum absolute atomic E-state index is 0.210. The highest BCUT2D eigenvalue weighted by molar-refractivity contribution is 6.34. The van der Waals surface area contributed by atoms with Gasteiger partial charge in [0.15, 0.2) is 0 Å². The lowest BCUT2D eigenvalue weighted by Crippen LogP contribution is -2.17. The van der Waals surface area contributed by atoms with Crippen LogP contribution in [0.25, 0.3) is 5.69 Å². The highest BCUT2D eigenvalue weighted by Crippen LogP contribution is 2.26. The van der Waals surface area contributed by atoms with Gasteiger partial charge in [-0.25, -0.2) is 4.79 Å². The maximum atomic E-state index is 11.8. The Labute approximate surface area is 109 Å². The number of nitrogens with one attached hydrogen (secondary N) is 1. The van der Waals surface area contributed by atoms with E-state index in [-0.39, 0.29) is 11.6 Å². The molecule has 0 bridgehead atoms. The number of nitrogens with zero attached hydrogens (tertiary/aromatic N) is 1. The van der Waals surface area contributed by atoms with Crippen LogP contribution >= 0.6 is 23.2 Å². The first kappa shape index (κ1) is 12.3. The molecular weight excluding hydrogens is 259 g/mol. The Balaban J connectivity index is 2.72. The molecule has 2 rings (SSSR count). The first-order valence-electron chi connectivity index (χ1n) is 5.26. The Hall–Kier alpha value is -1.19. The van der Waals surface area contributed by atoms with Crippen LogP contribution < -0.4 is 5.69 Å². The number of benzene rings is 1. The lowest BCUT2D eigenvalue weighted by Gasteiger charge is -2.11. The van der Waals surface area contributed by atoms with Gasteiger partial charge in [0.2, 0.25) is 0 Å². The summed E-state index contributed by atoms with van der Waals surface area (Å²) in [5.74, 6) is 0.212. The molecule has 0 aliphatic carbocycles. The fraction of sp³-hybridized carbons (Fsp3) is 0.250. The first-order valence-corrected chi connectivity index (χ1v) is 6.02. The number of imidazole rings is 1. The van der Waals surface area contributed by atoms with Gasteiger partial charge in [-0.3, -0.25) is 4.57 Å². The molecular formula is C12H12Cl2N2O. The van der Waals surface area contributed by atoms with E-state index >= 15 is 0 Å². The molecule has 0 saturated heterocycles. The summed E-state index contributed by atoms with van der Waals surface area (Å²) in [5.41, 5.74) is 1.27. The Bertz CT molecular complexity index is 599. The van der Waals surface area contributed by atoms with Crippen LogP contribution in [0.15, 0.2) is 29.2 Å². The fourth-order valence-corrected chi connectivity index (χ4v) is 2.08. The van der Waals surface area contributed by atoms with Gasteiger partial charge in [-0.15, -0.1) is 0 Å². The highest BCUT2D eigenvalue weighted by atomic mass is 35.5. The van der Waals surface area contributed by atoms with E-state index in [1.165, 1.54) is 0 Å². The molecule has 1 N–H and O–H groups in total. The molecule has 0 amide bonds. The summed E-state index contributed by atoms with van der Waals surface area (Å²) < 4.78 is 1.55. The third-order valence-electron chi connectivity index (χ3n) is 2.55. The van der Waals surface area contributed by atoms with E-state index in [9.17, 15) is 4.79 Å². The van der Waals surface area contributed by atoms with Gasteiger partial charge in [0.1, 0.15) is 0 Å². The predicted octanol–water partition coefficient (Wildman–Crippen LogP) is 3.60. The van der Waals surface area contributed by atoms with Crippen molar-refractivity contribution >= 4 is 23.2 Å². The Morgan fingerprint density at radius 1 is 1.29 bits per heavy atom. The number of H-pyrrole nitrogens is 1. The Morgan fingerprint density at radius 2 is 2.00 bits per heavy atom. The molecule has 0 spiro atoms. The summed E-state index contributed by atoms with van der Waals surface area (Å²) in [4.78, 5) is 14.5. The van der Waals surface area contributed by atoms with Gasteiger partial charge in [0.05, 0.1) is 10.7 Å². The fourth-order valence-electron chi connectivity index (χ4n) is 1.71. The average molecular weight is 271 g/mol. The monoisotopic (exact) mass is 270 g/mol. The summed E-state index contributed by atoms with van der Waals surface area (Å²) >= 11 is 12.0. The molecule has 0 unspecified atom stereocenters. The van der Waals surface area contributed by atoms with Crippen LogP contribution in [0.2, 0.25) is 10.0 Å². The summed E-state index contributed by atoms with van der Waals surface area (Å²) in [6.07, 6.45) is 1.70. The molecule has 0 saturated carbocycles. The van der Waals surface area contributed by atoms with Crippen LogP contribution in [0, 0.1) is 0 Å². The van der Waals surface area contributed by atoms with Gasteiger partial charge in [-0.2, -0.15) is 0 Å². The van der Waals surface area contributed by atoms with E-state index in [0.717, 1.165) is 5.69 Å². The Kier molecular flexibility index (Phi) is 3.31. The molecule has 1 heterocycles. The normalized spacial score (nSPS) is 11.1. The highest BCUT2D eigenvalue weighted by Gasteiger charge is 2.14. The van der Waals surface area contributed by atoms with E-state index in [1.807, 2.05) is 13.8 Å². The second kappa shape index (κ2) is 4.59. The smallest absolute Gasteiger partial charge is 0.312 e. The summed E-state index contributed by atoms with van der Waals surface area (Å²) in [6.45, 7) is 4.02. The maximum Gasteiger partial charge on any atom is 0.330 e. The van der Waals surface area contributed by atoms with Crippen LogP contribution in [-0.4, -0.2) is 9.55 Å². The molecule has 5 heteroatoms. The summed E-state index contributed by atoms with van der Waals surface area (Å²) in [5, 5.41) is 1.05. The first-order chi connectivity index (χ1) is 8.00. The van der Waals surface area contributed by atoms with Crippen molar-refractivity contribution in [3.05, 3.63) is 50.6 Å². The molecule has 17 heavy (non-hydrogen) atoms. The zero-order valence-corrected chi connectivity index (χ0v) is 11.0. The molecule has 2 aromatic rings. The number of rotatable bonds is 2. The van der Waals surface area contributed by atoms with Gasteiger partial charge in [-0.1, -0.05) is 37.0 Å². The van der Waals surface area contributed by atoms with Crippen molar-refractivity contribution in [2.45, 2.75) is 19.8 Å². The van der Waals surface area contributed by atoms with Crippen molar-refractivity contribution in [1.29, 1.82) is 0 Å². The van der Waals surface area contributed by atoms with Gasteiger partial charge in [-0.05, 0) is 24.1 Å². The largest absolute Gasteiger partial charge is 0.330 e. The number of halogens is 2. The van der Waals surface area contributed by atoms with Crippen LogP contribution in [-0.2, 0) is 0 Å². The van der Waals surface area contributed by atoms with Gasteiger partial charge < -0.3 is 4.98 Å². The summed E-state index contributed by atoms with van der Waals surface area (Å²) in [7, 11) is 0. The molecule has 3 nitrogen and oxygen atoms in total.